The lowest BCUT2D eigenvalue weighted by Gasteiger charge is -2.05. The zero-order valence-electron chi connectivity index (χ0n) is 13.5. The van der Waals surface area contributed by atoms with E-state index in [2.05, 4.69) is 21.3 Å². The van der Waals surface area contributed by atoms with E-state index in [1.165, 1.54) is 11.6 Å². The van der Waals surface area contributed by atoms with Gasteiger partial charge in [0.15, 0.2) is 11.5 Å². The fourth-order valence-electron chi connectivity index (χ4n) is 2.48. The van der Waals surface area contributed by atoms with Crippen molar-refractivity contribution in [3.63, 3.8) is 0 Å². The van der Waals surface area contributed by atoms with E-state index in [0.717, 1.165) is 5.56 Å². The predicted molar refractivity (Wildman–Crippen MR) is 92.8 cm³/mol. The molecule has 0 fully saturated rings. The standard InChI is InChI=1S/C18H15N5O2/c1-3-12-6-7-20-16(9-12)23-15-5-4-13(10-21-11(2)24)8-14(15)17(22-23)18(19)25/h1,4-9H,10H2,2H3,(H2,19,25)(H,21,24). The maximum absolute atomic E-state index is 11.8. The van der Waals surface area contributed by atoms with Gasteiger partial charge in [0.05, 0.1) is 5.52 Å². The molecule has 7 nitrogen and oxygen atoms in total. The summed E-state index contributed by atoms with van der Waals surface area (Å²) in [5.41, 5.74) is 7.74. The van der Waals surface area contributed by atoms with E-state index in [1.54, 1.807) is 30.5 Å². The molecule has 0 aliphatic rings. The van der Waals surface area contributed by atoms with E-state index < -0.39 is 5.91 Å². The molecule has 3 N–H and O–H groups in total. The normalized spacial score (nSPS) is 10.4. The van der Waals surface area contributed by atoms with Crippen molar-refractivity contribution in [3.8, 4) is 18.2 Å². The van der Waals surface area contributed by atoms with E-state index in [9.17, 15) is 9.59 Å². The van der Waals surface area contributed by atoms with Gasteiger partial charge in [0.2, 0.25) is 5.91 Å². The molecule has 0 aliphatic carbocycles. The summed E-state index contributed by atoms with van der Waals surface area (Å²) in [5, 5.41) is 7.59. The van der Waals surface area contributed by atoms with Crippen molar-refractivity contribution >= 4 is 22.7 Å². The average Bonchev–Trinajstić information content (AvgIpc) is 2.99. The lowest BCUT2D eigenvalue weighted by molar-refractivity contribution is -0.119. The van der Waals surface area contributed by atoms with Gasteiger partial charge in [-0.25, -0.2) is 9.67 Å². The number of amides is 2. The summed E-state index contributed by atoms with van der Waals surface area (Å²) in [6.45, 7) is 1.79. The van der Waals surface area contributed by atoms with Crippen LogP contribution < -0.4 is 11.1 Å². The Morgan fingerprint density at radius 3 is 2.80 bits per heavy atom. The number of rotatable bonds is 4. The Morgan fingerprint density at radius 2 is 2.12 bits per heavy atom. The van der Waals surface area contributed by atoms with Crippen molar-refractivity contribution in [1.29, 1.82) is 0 Å². The second-order valence-electron chi connectivity index (χ2n) is 5.43. The molecule has 25 heavy (non-hydrogen) atoms. The lowest BCUT2D eigenvalue weighted by Crippen LogP contribution is -2.18. The van der Waals surface area contributed by atoms with Gasteiger partial charge in [-0.05, 0) is 29.8 Å². The van der Waals surface area contributed by atoms with Crippen LogP contribution in [-0.4, -0.2) is 26.6 Å². The van der Waals surface area contributed by atoms with Crippen LogP contribution in [0.15, 0.2) is 36.5 Å². The first kappa shape index (κ1) is 16.2. The fourth-order valence-corrected chi connectivity index (χ4v) is 2.48. The molecule has 2 heterocycles. The van der Waals surface area contributed by atoms with Crippen molar-refractivity contribution in [2.24, 2.45) is 5.73 Å². The minimum Gasteiger partial charge on any atom is -0.364 e. The molecule has 3 rings (SSSR count). The topological polar surface area (TPSA) is 103 Å². The summed E-state index contributed by atoms with van der Waals surface area (Å²) >= 11 is 0. The maximum Gasteiger partial charge on any atom is 0.269 e. The van der Waals surface area contributed by atoms with Crippen LogP contribution in [0.5, 0.6) is 0 Å². The molecule has 0 saturated heterocycles. The first-order valence-corrected chi connectivity index (χ1v) is 7.48. The number of nitrogens with two attached hydrogens (primary N) is 1. The third-order valence-electron chi connectivity index (χ3n) is 3.65. The summed E-state index contributed by atoms with van der Waals surface area (Å²) in [4.78, 5) is 27.1. The van der Waals surface area contributed by atoms with Crippen LogP contribution >= 0.6 is 0 Å². The molecule has 0 radical (unpaired) electrons. The molecule has 0 bridgehead atoms. The number of benzene rings is 1. The van der Waals surface area contributed by atoms with Gasteiger partial charge in [-0.1, -0.05) is 12.0 Å². The van der Waals surface area contributed by atoms with Crippen molar-refractivity contribution in [2.75, 3.05) is 0 Å². The highest BCUT2D eigenvalue weighted by atomic mass is 16.1. The first-order valence-electron chi connectivity index (χ1n) is 7.48. The van der Waals surface area contributed by atoms with Gasteiger partial charge in [-0.3, -0.25) is 9.59 Å². The number of hydrogen-bond donors (Lipinski definition) is 2. The van der Waals surface area contributed by atoms with Gasteiger partial charge in [0.25, 0.3) is 5.91 Å². The number of fused-ring (bicyclic) bond motifs is 1. The molecule has 0 unspecified atom stereocenters. The smallest absolute Gasteiger partial charge is 0.269 e. The first-order chi connectivity index (χ1) is 12.0. The van der Waals surface area contributed by atoms with E-state index in [0.29, 0.717) is 28.8 Å². The Hall–Kier alpha value is -3.66. The number of nitrogens with one attached hydrogen (secondary N) is 1. The number of carbonyl (C=O) groups is 2. The highest BCUT2D eigenvalue weighted by molar-refractivity contribution is 6.04. The third-order valence-corrected chi connectivity index (χ3v) is 3.65. The summed E-state index contributed by atoms with van der Waals surface area (Å²) in [6.07, 6.45) is 7.00. The SMILES string of the molecule is C#Cc1ccnc(-n2nc(C(N)=O)c3cc(CNC(C)=O)ccc32)c1. The molecular weight excluding hydrogens is 318 g/mol. The molecule has 0 saturated carbocycles. The number of nitrogens with zero attached hydrogens (tertiary/aromatic N) is 3. The van der Waals surface area contributed by atoms with Gasteiger partial charge < -0.3 is 11.1 Å². The van der Waals surface area contributed by atoms with Crippen molar-refractivity contribution < 1.29 is 9.59 Å². The Kier molecular flexibility index (Phi) is 4.18. The Labute approximate surface area is 143 Å². The van der Waals surface area contributed by atoms with Gasteiger partial charge in [-0.15, -0.1) is 6.42 Å². The van der Waals surface area contributed by atoms with Gasteiger partial charge in [-0.2, -0.15) is 5.10 Å². The summed E-state index contributed by atoms with van der Waals surface area (Å²) < 4.78 is 1.53. The molecule has 0 spiro atoms. The molecule has 1 aromatic carbocycles. The molecular formula is C18H15N5O2. The number of aromatic nitrogens is 3. The van der Waals surface area contributed by atoms with Crippen LogP contribution in [0.1, 0.15) is 28.5 Å². The number of primary amides is 1. The highest BCUT2D eigenvalue weighted by Crippen LogP contribution is 2.23. The monoisotopic (exact) mass is 333 g/mol. The van der Waals surface area contributed by atoms with Crippen LogP contribution in [0.2, 0.25) is 0 Å². The van der Waals surface area contributed by atoms with Crippen molar-refractivity contribution in [1.82, 2.24) is 20.1 Å². The van der Waals surface area contributed by atoms with Gasteiger partial charge >= 0.3 is 0 Å². The average molecular weight is 333 g/mol. The minimum absolute atomic E-state index is 0.132. The molecule has 3 aromatic rings. The van der Waals surface area contributed by atoms with E-state index in [1.807, 2.05) is 6.07 Å². The van der Waals surface area contributed by atoms with Crippen molar-refractivity contribution in [3.05, 3.63) is 53.3 Å². The Bertz CT molecular complexity index is 1030. The summed E-state index contributed by atoms with van der Waals surface area (Å²) in [6, 6.07) is 8.82. The molecule has 0 aliphatic heterocycles. The molecule has 124 valence electrons. The number of terminal acetylenes is 1. The van der Waals surface area contributed by atoms with Gasteiger partial charge in [0, 0.05) is 30.6 Å². The zero-order chi connectivity index (χ0) is 18.0. The molecule has 2 aromatic heterocycles. The second-order valence-corrected chi connectivity index (χ2v) is 5.43. The van der Waals surface area contributed by atoms with E-state index in [4.69, 9.17) is 12.2 Å². The lowest BCUT2D eigenvalue weighted by atomic mass is 10.1. The number of carbonyl (C=O) groups excluding carboxylic acids is 2. The maximum atomic E-state index is 11.8. The van der Waals surface area contributed by atoms with Crippen LogP contribution in [0.4, 0.5) is 0 Å². The third kappa shape index (κ3) is 3.19. The number of hydrogen-bond acceptors (Lipinski definition) is 4. The number of pyridine rings is 1. The molecule has 2 amide bonds. The molecule has 7 heteroatoms. The van der Waals surface area contributed by atoms with Crippen LogP contribution in [0.3, 0.4) is 0 Å². The van der Waals surface area contributed by atoms with Crippen LogP contribution in [0.25, 0.3) is 16.7 Å². The minimum atomic E-state index is -0.645. The largest absolute Gasteiger partial charge is 0.364 e. The summed E-state index contributed by atoms with van der Waals surface area (Å²) in [5.74, 6) is 2.24. The second kappa shape index (κ2) is 6.45. The Balaban J connectivity index is 2.15. The quantitative estimate of drug-likeness (QED) is 0.699. The van der Waals surface area contributed by atoms with E-state index >= 15 is 0 Å². The van der Waals surface area contributed by atoms with Gasteiger partial charge in [0.1, 0.15) is 0 Å². The van der Waals surface area contributed by atoms with E-state index in [-0.39, 0.29) is 11.6 Å². The summed E-state index contributed by atoms with van der Waals surface area (Å²) in [7, 11) is 0. The fraction of sp³-hybridized carbons (Fsp3) is 0.111. The van der Waals surface area contributed by atoms with Crippen LogP contribution in [-0.2, 0) is 11.3 Å². The van der Waals surface area contributed by atoms with Crippen LogP contribution in [0, 0.1) is 12.3 Å². The Morgan fingerprint density at radius 1 is 1.32 bits per heavy atom. The predicted octanol–water partition coefficient (Wildman–Crippen LogP) is 1.14. The zero-order valence-corrected chi connectivity index (χ0v) is 13.5. The molecule has 0 atom stereocenters. The van der Waals surface area contributed by atoms with Crippen molar-refractivity contribution in [2.45, 2.75) is 13.5 Å². The highest BCUT2D eigenvalue weighted by Gasteiger charge is 2.17.